The van der Waals surface area contributed by atoms with Crippen molar-refractivity contribution in [1.29, 1.82) is 0 Å². The first kappa shape index (κ1) is 27.7. The molecule has 15 nitrogen and oxygen atoms in total. The lowest BCUT2D eigenvalue weighted by Crippen LogP contribution is -2.46. The molecule has 0 bridgehead atoms. The summed E-state index contributed by atoms with van der Waals surface area (Å²) in [5.41, 5.74) is -5.90. The smallest absolute Gasteiger partial charge is 0.330 e. The van der Waals surface area contributed by atoms with E-state index in [0.29, 0.717) is 6.42 Å². The lowest BCUT2D eigenvalue weighted by molar-refractivity contribution is -0.0987. The van der Waals surface area contributed by atoms with Gasteiger partial charge in [0.1, 0.15) is 29.5 Å². The Hall–Kier alpha value is -2.92. The first-order chi connectivity index (χ1) is 16.7. The number of aliphatic hydroxyl groups is 5. The summed E-state index contributed by atoms with van der Waals surface area (Å²) in [6, 6.07) is 2.26. The van der Waals surface area contributed by atoms with Crippen LogP contribution in [0.2, 0.25) is 0 Å². The first-order valence-electron chi connectivity index (χ1n) is 11.1. The second-order valence-electron chi connectivity index (χ2n) is 9.02. The van der Waals surface area contributed by atoms with E-state index in [1.807, 2.05) is 11.9 Å². The molecule has 2 aromatic heterocycles. The Bertz CT molecular complexity index is 1190. The van der Waals surface area contributed by atoms with Gasteiger partial charge in [-0.2, -0.15) is 0 Å². The topological polar surface area (TPSA) is 229 Å². The fourth-order valence-corrected chi connectivity index (χ4v) is 4.18. The van der Waals surface area contributed by atoms with Gasteiger partial charge < -0.3 is 35.0 Å². The molecule has 8 atom stereocenters. The molecule has 4 heterocycles. The zero-order chi connectivity index (χ0) is 27.0. The maximum atomic E-state index is 11.7. The van der Waals surface area contributed by atoms with Gasteiger partial charge in [-0.15, -0.1) is 0 Å². The Balaban J connectivity index is 0.000000201. The Morgan fingerprint density at radius 2 is 1.22 bits per heavy atom. The van der Waals surface area contributed by atoms with Crippen LogP contribution in [-0.2, 0) is 9.47 Å². The highest BCUT2D eigenvalue weighted by molar-refractivity contribution is 5.01. The number of hydrogen-bond acceptors (Lipinski definition) is 11. The molecule has 200 valence electrons. The zero-order valence-electron chi connectivity index (χ0n) is 19.8. The lowest BCUT2D eigenvalue weighted by Gasteiger charge is -2.27. The van der Waals surface area contributed by atoms with E-state index < -0.39 is 77.2 Å². The van der Waals surface area contributed by atoms with Crippen LogP contribution in [0.4, 0.5) is 0 Å². The summed E-state index contributed by atoms with van der Waals surface area (Å²) >= 11 is 0. The maximum Gasteiger partial charge on any atom is 0.330 e. The number of H-pyrrole nitrogens is 2. The Labute approximate surface area is 202 Å². The second-order valence-corrected chi connectivity index (χ2v) is 9.02. The molecular weight excluding hydrogens is 484 g/mol. The van der Waals surface area contributed by atoms with Crippen molar-refractivity contribution in [3.8, 4) is 0 Å². The van der Waals surface area contributed by atoms with Crippen molar-refractivity contribution in [2.24, 2.45) is 0 Å². The summed E-state index contributed by atoms with van der Waals surface area (Å²) in [6.07, 6.45) is -3.29. The molecule has 7 N–H and O–H groups in total. The second kappa shape index (κ2) is 10.2. The molecule has 0 amide bonds. The normalized spacial score (nSPS) is 35.9. The van der Waals surface area contributed by atoms with Gasteiger partial charge in [0.05, 0.1) is 12.7 Å². The molecule has 0 radical (unpaired) electrons. The highest BCUT2D eigenvalue weighted by Crippen LogP contribution is 2.38. The van der Waals surface area contributed by atoms with Crippen molar-refractivity contribution in [3.05, 3.63) is 66.2 Å². The summed E-state index contributed by atoms with van der Waals surface area (Å²) in [4.78, 5) is 49.3. The fraction of sp³-hybridized carbons (Fsp3) is 0.619. The SMILES string of the molecule is CC1(O)C(O)C(CO)OC1n1ccc(=O)[nH]c1=O.CCC1OC(n2ccc(=O)[nH]c2=O)C(C)(O)C1O. The van der Waals surface area contributed by atoms with Crippen molar-refractivity contribution in [3.63, 3.8) is 0 Å². The largest absolute Gasteiger partial charge is 0.394 e. The van der Waals surface area contributed by atoms with E-state index in [1.165, 1.54) is 20.0 Å². The third-order valence-electron chi connectivity index (χ3n) is 6.30. The van der Waals surface area contributed by atoms with Gasteiger partial charge in [-0.05, 0) is 20.3 Å². The summed E-state index contributed by atoms with van der Waals surface area (Å²) in [7, 11) is 0. The molecule has 0 aliphatic carbocycles. The average Bonchev–Trinajstić information content (AvgIpc) is 3.17. The minimum Gasteiger partial charge on any atom is -0.394 e. The molecule has 0 spiro atoms. The molecule has 15 heteroatoms. The minimum atomic E-state index is -1.75. The number of nitrogens with one attached hydrogen (secondary N) is 2. The fourth-order valence-electron chi connectivity index (χ4n) is 4.18. The van der Waals surface area contributed by atoms with Crippen LogP contribution in [0.15, 0.2) is 43.7 Å². The van der Waals surface area contributed by atoms with E-state index in [4.69, 9.17) is 14.6 Å². The Morgan fingerprint density at radius 3 is 1.53 bits per heavy atom. The van der Waals surface area contributed by atoms with Gasteiger partial charge in [0.25, 0.3) is 11.1 Å². The molecule has 2 fully saturated rings. The molecule has 2 aliphatic heterocycles. The molecule has 2 aromatic rings. The van der Waals surface area contributed by atoms with Crippen LogP contribution in [0.1, 0.15) is 39.6 Å². The van der Waals surface area contributed by atoms with Crippen LogP contribution >= 0.6 is 0 Å². The number of aliphatic hydroxyl groups excluding tert-OH is 3. The standard InChI is InChI=1S/C11H16N2O5.C10H14N2O6/c1-3-6-8(15)11(2,17)9(18-6)13-5-4-7(14)12-10(13)16;1-10(17)7(15)5(4-13)18-8(10)12-3-2-6(14)11-9(12)16/h4-6,8-9,15,17H,3H2,1-2H3,(H,12,14,16);2-3,5,7-8,13,15,17H,4H2,1H3,(H,11,14,16). The van der Waals surface area contributed by atoms with Crippen molar-refractivity contribution >= 4 is 0 Å². The summed E-state index contributed by atoms with van der Waals surface area (Å²) < 4.78 is 12.7. The van der Waals surface area contributed by atoms with Crippen LogP contribution < -0.4 is 22.5 Å². The van der Waals surface area contributed by atoms with Crippen LogP contribution in [0.3, 0.4) is 0 Å². The molecule has 4 rings (SSSR count). The van der Waals surface area contributed by atoms with Crippen molar-refractivity contribution < 1.29 is 35.0 Å². The summed E-state index contributed by atoms with van der Waals surface area (Å²) in [5, 5.41) is 49.1. The van der Waals surface area contributed by atoms with Crippen LogP contribution in [0, 0.1) is 0 Å². The van der Waals surface area contributed by atoms with Crippen LogP contribution in [-0.4, -0.2) is 86.9 Å². The van der Waals surface area contributed by atoms with Gasteiger partial charge in [-0.3, -0.25) is 28.7 Å². The van der Waals surface area contributed by atoms with Gasteiger partial charge in [-0.1, -0.05) is 6.92 Å². The lowest BCUT2D eigenvalue weighted by atomic mass is 9.95. The predicted octanol–water partition coefficient (Wildman–Crippen LogP) is -3.51. The van der Waals surface area contributed by atoms with Crippen LogP contribution in [0.5, 0.6) is 0 Å². The van der Waals surface area contributed by atoms with E-state index in [-0.39, 0.29) is 0 Å². The van der Waals surface area contributed by atoms with Crippen LogP contribution in [0.25, 0.3) is 0 Å². The molecule has 0 saturated carbocycles. The van der Waals surface area contributed by atoms with Crippen molar-refractivity contribution in [2.45, 2.75) is 75.3 Å². The molecule has 36 heavy (non-hydrogen) atoms. The number of ether oxygens (including phenoxy) is 2. The van der Waals surface area contributed by atoms with E-state index in [9.17, 15) is 39.6 Å². The zero-order valence-corrected chi connectivity index (χ0v) is 19.8. The number of rotatable bonds is 4. The van der Waals surface area contributed by atoms with Gasteiger partial charge in [0, 0.05) is 24.5 Å². The average molecular weight is 514 g/mol. The Morgan fingerprint density at radius 1 is 0.833 bits per heavy atom. The molecular formula is C21H30N4O11. The summed E-state index contributed by atoms with van der Waals surface area (Å²) in [6.45, 7) is 4.00. The molecule has 8 unspecified atom stereocenters. The van der Waals surface area contributed by atoms with Gasteiger partial charge >= 0.3 is 11.4 Å². The third-order valence-corrected chi connectivity index (χ3v) is 6.30. The van der Waals surface area contributed by atoms with Crippen molar-refractivity contribution in [2.75, 3.05) is 6.61 Å². The summed E-state index contributed by atoms with van der Waals surface area (Å²) in [5.74, 6) is 0. The van der Waals surface area contributed by atoms with Gasteiger partial charge in [0.15, 0.2) is 12.5 Å². The van der Waals surface area contributed by atoms with Gasteiger partial charge in [-0.25, -0.2) is 9.59 Å². The van der Waals surface area contributed by atoms with E-state index in [0.717, 1.165) is 27.5 Å². The number of nitrogens with zero attached hydrogens (tertiary/aromatic N) is 2. The van der Waals surface area contributed by atoms with Crippen molar-refractivity contribution in [1.82, 2.24) is 19.1 Å². The monoisotopic (exact) mass is 514 g/mol. The van der Waals surface area contributed by atoms with Gasteiger partial charge in [0.2, 0.25) is 0 Å². The highest BCUT2D eigenvalue weighted by Gasteiger charge is 2.53. The quantitative estimate of drug-likeness (QED) is 0.212. The minimum absolute atomic E-state index is 0.494. The molecule has 2 aliphatic rings. The highest BCUT2D eigenvalue weighted by atomic mass is 16.6. The number of aromatic amines is 2. The predicted molar refractivity (Wildman–Crippen MR) is 121 cm³/mol. The number of aromatic nitrogens is 4. The van der Waals surface area contributed by atoms with E-state index >= 15 is 0 Å². The number of hydrogen-bond donors (Lipinski definition) is 7. The van der Waals surface area contributed by atoms with E-state index in [1.54, 1.807) is 0 Å². The molecule has 0 aromatic carbocycles. The Kier molecular flexibility index (Phi) is 7.85. The molecule has 2 saturated heterocycles. The first-order valence-corrected chi connectivity index (χ1v) is 11.1. The maximum absolute atomic E-state index is 11.7. The third kappa shape index (κ3) is 4.99. The van der Waals surface area contributed by atoms with E-state index in [2.05, 4.69) is 4.98 Å².